The SMILES string of the molecule is Cc1cc(Br)cc(C)c1N1C(=NC(=O)[C@H](Cc2ccccc2)NC(=O)OC(C)(C)C)S[C@@H]2CS(=O)(=O)C[C@@H]21. The minimum Gasteiger partial charge on any atom is -0.444 e. The first-order valence-electron chi connectivity index (χ1n) is 12.3. The number of hydrogen-bond donors (Lipinski definition) is 1. The molecule has 2 saturated heterocycles. The third-order valence-electron chi connectivity index (χ3n) is 6.24. The maximum atomic E-state index is 13.6. The van der Waals surface area contributed by atoms with E-state index in [-0.39, 0.29) is 29.2 Å². The summed E-state index contributed by atoms with van der Waals surface area (Å²) < 4.78 is 31.3. The van der Waals surface area contributed by atoms with Gasteiger partial charge in [-0.25, -0.2) is 13.2 Å². The molecular weight excluding hydrogens is 590 g/mol. The second-order valence-electron chi connectivity index (χ2n) is 10.7. The van der Waals surface area contributed by atoms with Crippen molar-refractivity contribution in [3.05, 3.63) is 63.6 Å². The summed E-state index contributed by atoms with van der Waals surface area (Å²) in [7, 11) is -3.21. The molecule has 0 radical (unpaired) electrons. The van der Waals surface area contributed by atoms with Crippen molar-refractivity contribution in [2.24, 2.45) is 4.99 Å². The summed E-state index contributed by atoms with van der Waals surface area (Å²) >= 11 is 4.83. The molecule has 2 aromatic carbocycles. The van der Waals surface area contributed by atoms with Gasteiger partial charge in [0.05, 0.1) is 17.5 Å². The van der Waals surface area contributed by atoms with E-state index in [4.69, 9.17) is 4.74 Å². The maximum absolute atomic E-state index is 13.6. The lowest BCUT2D eigenvalue weighted by Crippen LogP contribution is -2.45. The van der Waals surface area contributed by atoms with Gasteiger partial charge in [-0.3, -0.25) is 4.79 Å². The molecule has 0 aromatic heterocycles. The number of sulfone groups is 1. The van der Waals surface area contributed by atoms with Gasteiger partial charge in [0, 0.05) is 21.8 Å². The van der Waals surface area contributed by atoms with Crippen LogP contribution in [-0.2, 0) is 25.8 Å². The average molecular weight is 623 g/mol. The van der Waals surface area contributed by atoms with Gasteiger partial charge in [0.2, 0.25) is 0 Å². The van der Waals surface area contributed by atoms with Gasteiger partial charge in [0.25, 0.3) is 5.91 Å². The van der Waals surface area contributed by atoms with Gasteiger partial charge in [-0.2, -0.15) is 4.99 Å². The maximum Gasteiger partial charge on any atom is 0.408 e. The van der Waals surface area contributed by atoms with E-state index in [9.17, 15) is 18.0 Å². The number of thioether (sulfide) groups is 1. The molecule has 2 aliphatic heterocycles. The highest BCUT2D eigenvalue weighted by Crippen LogP contribution is 2.43. The number of aryl methyl sites for hydroxylation is 2. The number of anilines is 1. The smallest absolute Gasteiger partial charge is 0.408 e. The molecule has 4 rings (SSSR count). The van der Waals surface area contributed by atoms with E-state index < -0.39 is 33.5 Å². The zero-order valence-corrected chi connectivity index (χ0v) is 25.2. The van der Waals surface area contributed by atoms with Crippen LogP contribution < -0.4 is 10.2 Å². The predicted molar refractivity (Wildman–Crippen MR) is 156 cm³/mol. The minimum atomic E-state index is -3.21. The number of amides is 2. The van der Waals surface area contributed by atoms with Crippen molar-refractivity contribution in [2.45, 2.75) is 64.0 Å². The number of alkyl carbamates (subject to hydrolysis) is 1. The fourth-order valence-electron chi connectivity index (χ4n) is 4.78. The fourth-order valence-corrected chi connectivity index (χ4v) is 9.37. The second kappa shape index (κ2) is 11.0. The zero-order valence-electron chi connectivity index (χ0n) is 22.0. The van der Waals surface area contributed by atoms with Crippen LogP contribution in [0.3, 0.4) is 0 Å². The number of nitrogens with zero attached hydrogens (tertiary/aromatic N) is 2. The van der Waals surface area contributed by atoms with Crippen LogP contribution in [0.25, 0.3) is 0 Å². The van der Waals surface area contributed by atoms with Crippen LogP contribution in [0.15, 0.2) is 51.9 Å². The summed E-state index contributed by atoms with van der Waals surface area (Å²) in [5, 5.41) is 2.90. The summed E-state index contributed by atoms with van der Waals surface area (Å²) in [6.07, 6.45) is -0.469. The van der Waals surface area contributed by atoms with Crippen LogP contribution in [0.2, 0.25) is 0 Å². The van der Waals surface area contributed by atoms with Crippen LogP contribution in [0.4, 0.5) is 10.5 Å². The predicted octanol–water partition coefficient (Wildman–Crippen LogP) is 4.80. The Labute approximate surface area is 236 Å². The molecule has 2 heterocycles. The Balaban J connectivity index is 1.70. The minimum absolute atomic E-state index is 0.00355. The fraction of sp³-hybridized carbons (Fsp3) is 0.444. The lowest BCUT2D eigenvalue weighted by molar-refractivity contribution is -0.119. The monoisotopic (exact) mass is 621 g/mol. The highest BCUT2D eigenvalue weighted by atomic mass is 79.9. The molecule has 3 atom stereocenters. The molecule has 11 heteroatoms. The zero-order chi connectivity index (χ0) is 27.8. The van der Waals surface area contributed by atoms with Crippen LogP contribution in [-0.4, -0.2) is 60.0 Å². The molecule has 38 heavy (non-hydrogen) atoms. The molecule has 2 fully saturated rings. The lowest BCUT2D eigenvalue weighted by Gasteiger charge is -2.28. The summed E-state index contributed by atoms with van der Waals surface area (Å²) in [6.45, 7) is 9.17. The van der Waals surface area contributed by atoms with Gasteiger partial charge in [-0.05, 0) is 63.4 Å². The van der Waals surface area contributed by atoms with Crippen LogP contribution in [0.5, 0.6) is 0 Å². The van der Waals surface area contributed by atoms with Gasteiger partial charge < -0.3 is 15.0 Å². The highest BCUT2D eigenvalue weighted by Gasteiger charge is 2.50. The second-order valence-corrected chi connectivity index (χ2v) is 15.0. The first kappa shape index (κ1) is 28.6. The van der Waals surface area contributed by atoms with Gasteiger partial charge in [0.1, 0.15) is 11.6 Å². The Morgan fingerprint density at radius 2 is 1.79 bits per heavy atom. The number of carbonyl (C=O) groups is 2. The Bertz CT molecular complexity index is 1350. The molecule has 0 saturated carbocycles. The van der Waals surface area contributed by atoms with Gasteiger partial charge in [0.15, 0.2) is 15.0 Å². The Hall–Kier alpha value is -2.37. The molecular formula is C27H32BrN3O5S2. The number of aliphatic imine (C=N–C) groups is 1. The molecule has 0 aliphatic carbocycles. The molecule has 8 nitrogen and oxygen atoms in total. The normalized spacial score (nSPS) is 22.3. The lowest BCUT2D eigenvalue weighted by atomic mass is 10.1. The van der Waals surface area contributed by atoms with E-state index in [0.717, 1.165) is 26.9 Å². The molecule has 0 unspecified atom stereocenters. The molecule has 1 N–H and O–H groups in total. The first-order valence-corrected chi connectivity index (χ1v) is 15.8. The van der Waals surface area contributed by atoms with E-state index in [1.54, 1.807) is 20.8 Å². The topological polar surface area (TPSA) is 105 Å². The van der Waals surface area contributed by atoms with Crippen molar-refractivity contribution < 1.29 is 22.7 Å². The summed E-state index contributed by atoms with van der Waals surface area (Å²) in [5.74, 6) is -0.497. The van der Waals surface area contributed by atoms with Crippen molar-refractivity contribution in [3.8, 4) is 0 Å². The van der Waals surface area contributed by atoms with E-state index in [1.807, 2.05) is 61.2 Å². The number of hydrogen-bond acceptors (Lipinski definition) is 6. The number of carbonyl (C=O) groups excluding carboxylic acids is 2. The van der Waals surface area contributed by atoms with Crippen LogP contribution >= 0.6 is 27.7 Å². The number of amidine groups is 1. The molecule has 204 valence electrons. The largest absolute Gasteiger partial charge is 0.444 e. The summed E-state index contributed by atoms with van der Waals surface area (Å²) in [4.78, 5) is 32.7. The quantitative estimate of drug-likeness (QED) is 0.511. The summed E-state index contributed by atoms with van der Waals surface area (Å²) in [6, 6.07) is 12.0. The van der Waals surface area contributed by atoms with Crippen molar-refractivity contribution in [1.29, 1.82) is 0 Å². The number of halogens is 1. The van der Waals surface area contributed by atoms with Crippen LogP contribution in [0, 0.1) is 13.8 Å². The van der Waals surface area contributed by atoms with E-state index in [0.29, 0.717) is 5.17 Å². The van der Waals surface area contributed by atoms with Crippen LogP contribution in [0.1, 0.15) is 37.5 Å². The Morgan fingerprint density at radius 1 is 1.16 bits per heavy atom. The van der Waals surface area contributed by atoms with Crippen molar-refractivity contribution in [3.63, 3.8) is 0 Å². The Morgan fingerprint density at radius 3 is 2.39 bits per heavy atom. The molecule has 0 spiro atoms. The average Bonchev–Trinajstić information content (AvgIpc) is 3.23. The van der Waals surface area contributed by atoms with Gasteiger partial charge >= 0.3 is 6.09 Å². The standard InChI is InChI=1S/C27H32BrN3O5S2/c1-16-11-19(28)12-17(2)23(16)31-21-14-38(34,35)15-22(21)37-25(31)30-24(32)20(13-18-9-7-6-8-10-18)29-26(33)36-27(3,4)5/h6-12,20-22H,13-15H2,1-5H3,(H,29,33)/t20-,21-,22+/m0/s1. The number of rotatable bonds is 5. The molecule has 2 aliphatic rings. The third kappa shape index (κ3) is 6.79. The van der Waals surface area contributed by atoms with E-state index in [1.165, 1.54) is 11.8 Å². The molecule has 0 bridgehead atoms. The number of nitrogens with one attached hydrogen (secondary N) is 1. The number of ether oxygens (including phenoxy) is 1. The van der Waals surface area contributed by atoms with Crippen molar-refractivity contribution >= 4 is 60.4 Å². The van der Waals surface area contributed by atoms with Gasteiger partial charge in [-0.1, -0.05) is 58.0 Å². The van der Waals surface area contributed by atoms with Crippen molar-refractivity contribution in [1.82, 2.24) is 5.32 Å². The molecule has 2 amide bonds. The molecule has 2 aromatic rings. The third-order valence-corrected chi connectivity index (χ3v) is 9.91. The summed E-state index contributed by atoms with van der Waals surface area (Å²) in [5.41, 5.74) is 2.86. The van der Waals surface area contributed by atoms with Crippen molar-refractivity contribution in [2.75, 3.05) is 16.4 Å². The first-order chi connectivity index (χ1) is 17.7. The van der Waals surface area contributed by atoms with E-state index >= 15 is 0 Å². The highest BCUT2D eigenvalue weighted by molar-refractivity contribution is 9.10. The van der Waals surface area contributed by atoms with Gasteiger partial charge in [-0.15, -0.1) is 0 Å². The Kier molecular flexibility index (Phi) is 8.30. The van der Waals surface area contributed by atoms with E-state index in [2.05, 4.69) is 26.2 Å². The number of fused-ring (bicyclic) bond motifs is 1. The number of benzene rings is 2.